The molecule has 1 aromatic rings. The minimum absolute atomic E-state index is 0.731. The zero-order valence-electron chi connectivity index (χ0n) is 12.7. The van der Waals surface area contributed by atoms with Crippen molar-refractivity contribution < 1.29 is 0 Å². The third-order valence-electron chi connectivity index (χ3n) is 6.02. The monoisotopic (exact) mass is 269 g/mol. The van der Waals surface area contributed by atoms with Gasteiger partial charge in [-0.3, -0.25) is 0 Å². The van der Waals surface area contributed by atoms with Crippen molar-refractivity contribution in [1.29, 1.82) is 0 Å². The van der Waals surface area contributed by atoms with Gasteiger partial charge in [0.05, 0.1) is 0 Å². The van der Waals surface area contributed by atoms with Crippen LogP contribution < -0.4 is 5.32 Å². The summed E-state index contributed by atoms with van der Waals surface area (Å²) < 4.78 is 0. The zero-order chi connectivity index (χ0) is 13.5. The fourth-order valence-corrected chi connectivity index (χ4v) is 5.09. The molecule has 2 fully saturated rings. The summed E-state index contributed by atoms with van der Waals surface area (Å²) in [6, 6.07) is 8.03. The Balaban J connectivity index is 1.48. The van der Waals surface area contributed by atoms with Gasteiger partial charge in [0, 0.05) is 6.04 Å². The van der Waals surface area contributed by atoms with Gasteiger partial charge in [-0.1, -0.05) is 31.5 Å². The van der Waals surface area contributed by atoms with Gasteiger partial charge in [-0.15, -0.1) is 0 Å². The maximum atomic E-state index is 3.79. The maximum Gasteiger partial charge on any atom is 0.0141 e. The summed E-state index contributed by atoms with van der Waals surface area (Å²) in [6.07, 6.45) is 9.72. The first-order chi connectivity index (χ1) is 9.86. The molecule has 1 heteroatoms. The topological polar surface area (TPSA) is 12.0 Å². The molecule has 1 aromatic carbocycles. The molecular formula is C19H27N. The van der Waals surface area contributed by atoms with E-state index in [-0.39, 0.29) is 0 Å². The van der Waals surface area contributed by atoms with Crippen LogP contribution in [0.15, 0.2) is 18.2 Å². The molecule has 108 valence electrons. The van der Waals surface area contributed by atoms with E-state index in [1.807, 2.05) is 0 Å². The van der Waals surface area contributed by atoms with Crippen LogP contribution in [0.25, 0.3) is 0 Å². The summed E-state index contributed by atoms with van der Waals surface area (Å²) in [5, 5.41) is 3.79. The molecule has 4 rings (SSSR count). The Labute approximate surface area is 123 Å². The summed E-state index contributed by atoms with van der Waals surface area (Å²) in [7, 11) is 0. The van der Waals surface area contributed by atoms with E-state index in [0.717, 1.165) is 30.3 Å². The van der Waals surface area contributed by atoms with Gasteiger partial charge in [-0.05, 0) is 79.5 Å². The van der Waals surface area contributed by atoms with Crippen LogP contribution >= 0.6 is 0 Å². The van der Waals surface area contributed by atoms with Crippen molar-refractivity contribution in [2.45, 2.75) is 57.9 Å². The van der Waals surface area contributed by atoms with Crippen LogP contribution in [-0.4, -0.2) is 12.6 Å². The van der Waals surface area contributed by atoms with E-state index >= 15 is 0 Å². The molecule has 3 aliphatic carbocycles. The average Bonchev–Trinajstić information content (AvgIpc) is 2.86. The first-order valence-corrected chi connectivity index (χ1v) is 8.71. The Hall–Kier alpha value is -0.820. The van der Waals surface area contributed by atoms with Gasteiger partial charge in [0.15, 0.2) is 0 Å². The SMILES string of the molecule is CCNC(Cc1ccc2c(c1)CCC2)C1C2CCCC21. The number of hydrogen-bond acceptors (Lipinski definition) is 1. The molecule has 0 heterocycles. The molecule has 0 bridgehead atoms. The number of benzene rings is 1. The van der Waals surface area contributed by atoms with Crippen LogP contribution in [-0.2, 0) is 19.3 Å². The molecule has 0 radical (unpaired) electrons. The van der Waals surface area contributed by atoms with E-state index in [2.05, 4.69) is 30.4 Å². The Morgan fingerprint density at radius 3 is 2.70 bits per heavy atom. The molecule has 0 aliphatic heterocycles. The third-order valence-corrected chi connectivity index (χ3v) is 6.02. The van der Waals surface area contributed by atoms with Gasteiger partial charge in [0.1, 0.15) is 0 Å². The number of rotatable bonds is 5. The highest BCUT2D eigenvalue weighted by molar-refractivity contribution is 5.35. The van der Waals surface area contributed by atoms with Crippen molar-refractivity contribution in [1.82, 2.24) is 5.32 Å². The molecule has 1 nitrogen and oxygen atoms in total. The highest BCUT2D eigenvalue weighted by Gasteiger charge is 2.55. The van der Waals surface area contributed by atoms with Crippen LogP contribution in [0.4, 0.5) is 0 Å². The number of likely N-dealkylation sites (N-methyl/N-ethyl adjacent to an activating group) is 1. The van der Waals surface area contributed by atoms with Crippen molar-refractivity contribution in [3.05, 3.63) is 34.9 Å². The van der Waals surface area contributed by atoms with E-state index in [1.165, 1.54) is 44.9 Å². The average molecular weight is 269 g/mol. The first kappa shape index (κ1) is 12.9. The summed E-state index contributed by atoms with van der Waals surface area (Å²) in [6.45, 7) is 3.37. The normalized spacial score (nSPS) is 31.9. The highest BCUT2D eigenvalue weighted by atomic mass is 14.9. The van der Waals surface area contributed by atoms with Crippen LogP contribution in [0, 0.1) is 17.8 Å². The Morgan fingerprint density at radius 1 is 1.10 bits per heavy atom. The van der Waals surface area contributed by atoms with E-state index in [9.17, 15) is 0 Å². The van der Waals surface area contributed by atoms with Crippen molar-refractivity contribution in [2.24, 2.45) is 17.8 Å². The lowest BCUT2D eigenvalue weighted by atomic mass is 9.95. The van der Waals surface area contributed by atoms with E-state index in [0.29, 0.717) is 0 Å². The second-order valence-electron chi connectivity index (χ2n) is 7.16. The number of hydrogen-bond donors (Lipinski definition) is 1. The quantitative estimate of drug-likeness (QED) is 0.858. The standard InChI is InChI=1S/C19H27N/c1-2-20-18(19-16-7-4-8-17(16)19)12-13-9-10-14-5-3-6-15(14)11-13/h9-11,16-20H,2-8,12H2,1H3. The van der Waals surface area contributed by atoms with Crippen LogP contribution in [0.1, 0.15) is 49.3 Å². The molecule has 3 aliphatic rings. The van der Waals surface area contributed by atoms with Crippen LogP contribution in [0.5, 0.6) is 0 Å². The second-order valence-corrected chi connectivity index (χ2v) is 7.16. The number of fused-ring (bicyclic) bond motifs is 2. The summed E-state index contributed by atoms with van der Waals surface area (Å²) >= 11 is 0. The van der Waals surface area contributed by atoms with Gasteiger partial charge in [0.2, 0.25) is 0 Å². The molecule has 2 saturated carbocycles. The minimum atomic E-state index is 0.731. The zero-order valence-corrected chi connectivity index (χ0v) is 12.7. The van der Waals surface area contributed by atoms with Gasteiger partial charge in [-0.25, -0.2) is 0 Å². The van der Waals surface area contributed by atoms with Crippen molar-refractivity contribution >= 4 is 0 Å². The molecular weight excluding hydrogens is 242 g/mol. The molecule has 20 heavy (non-hydrogen) atoms. The molecule has 3 unspecified atom stereocenters. The maximum absolute atomic E-state index is 3.79. The Morgan fingerprint density at radius 2 is 1.90 bits per heavy atom. The molecule has 0 amide bonds. The smallest absolute Gasteiger partial charge is 0.0141 e. The van der Waals surface area contributed by atoms with E-state index in [4.69, 9.17) is 0 Å². The number of aryl methyl sites for hydroxylation is 2. The van der Waals surface area contributed by atoms with Gasteiger partial charge in [0.25, 0.3) is 0 Å². The molecule has 0 spiro atoms. The third kappa shape index (κ3) is 2.20. The molecule has 3 atom stereocenters. The van der Waals surface area contributed by atoms with E-state index < -0.39 is 0 Å². The van der Waals surface area contributed by atoms with Crippen molar-refractivity contribution in [3.8, 4) is 0 Å². The van der Waals surface area contributed by atoms with Gasteiger partial charge in [-0.2, -0.15) is 0 Å². The highest BCUT2D eigenvalue weighted by Crippen LogP contribution is 2.59. The lowest BCUT2D eigenvalue weighted by Gasteiger charge is -2.20. The molecule has 0 saturated heterocycles. The van der Waals surface area contributed by atoms with Crippen LogP contribution in [0.3, 0.4) is 0 Å². The fraction of sp³-hybridized carbons (Fsp3) is 0.684. The lowest BCUT2D eigenvalue weighted by molar-refractivity contribution is 0.411. The van der Waals surface area contributed by atoms with Crippen molar-refractivity contribution in [3.63, 3.8) is 0 Å². The fourth-order valence-electron chi connectivity index (χ4n) is 5.09. The summed E-state index contributed by atoms with van der Waals surface area (Å²) in [5.41, 5.74) is 4.81. The Kier molecular flexibility index (Phi) is 3.34. The number of nitrogens with one attached hydrogen (secondary N) is 1. The predicted molar refractivity (Wildman–Crippen MR) is 84.0 cm³/mol. The predicted octanol–water partition coefficient (Wildman–Crippen LogP) is 3.74. The second kappa shape index (κ2) is 5.18. The Bertz CT molecular complexity index is 483. The molecule has 0 aromatic heterocycles. The van der Waals surface area contributed by atoms with E-state index in [1.54, 1.807) is 16.7 Å². The largest absolute Gasteiger partial charge is 0.314 e. The van der Waals surface area contributed by atoms with Gasteiger partial charge >= 0.3 is 0 Å². The first-order valence-electron chi connectivity index (χ1n) is 8.71. The van der Waals surface area contributed by atoms with Crippen LogP contribution in [0.2, 0.25) is 0 Å². The van der Waals surface area contributed by atoms with Gasteiger partial charge < -0.3 is 5.32 Å². The molecule has 1 N–H and O–H groups in total. The lowest BCUT2D eigenvalue weighted by Crippen LogP contribution is -2.34. The summed E-state index contributed by atoms with van der Waals surface area (Å²) in [5.74, 6) is 3.11. The summed E-state index contributed by atoms with van der Waals surface area (Å²) in [4.78, 5) is 0. The minimum Gasteiger partial charge on any atom is -0.314 e. The van der Waals surface area contributed by atoms with Crippen molar-refractivity contribution in [2.75, 3.05) is 6.54 Å².